The Morgan fingerprint density at radius 1 is 1.44 bits per heavy atom. The average molecular weight is 257 g/mol. The summed E-state index contributed by atoms with van der Waals surface area (Å²) in [5, 5.41) is 7.90. The molecule has 1 aromatic heterocycles. The molecular weight excluding hydrogens is 238 g/mol. The van der Waals surface area contributed by atoms with E-state index in [2.05, 4.69) is 40.9 Å². The highest BCUT2D eigenvalue weighted by Gasteiger charge is 2.13. The Labute approximate surface area is 106 Å². The number of aryl methyl sites for hydroxylation is 1. The predicted molar refractivity (Wildman–Crippen MR) is 73.2 cm³/mol. The first-order valence-corrected chi connectivity index (χ1v) is 7.94. The van der Waals surface area contributed by atoms with Crippen LogP contribution in [-0.2, 0) is 13.6 Å². The highest BCUT2D eigenvalue weighted by molar-refractivity contribution is 8.03. The van der Waals surface area contributed by atoms with Gasteiger partial charge in [0.25, 0.3) is 0 Å². The SMILES string of the molecule is Cc1c(CNC2CSCCSC2)cnn1C. The molecule has 90 valence electrons. The van der Waals surface area contributed by atoms with E-state index in [1.807, 2.05) is 17.9 Å². The maximum Gasteiger partial charge on any atom is 0.0537 e. The van der Waals surface area contributed by atoms with Crippen molar-refractivity contribution in [2.45, 2.75) is 19.5 Å². The lowest BCUT2D eigenvalue weighted by molar-refractivity contribution is 0.601. The molecule has 0 radical (unpaired) electrons. The van der Waals surface area contributed by atoms with Crippen molar-refractivity contribution in [2.75, 3.05) is 23.0 Å². The third-order valence-electron chi connectivity index (χ3n) is 2.93. The third kappa shape index (κ3) is 3.18. The molecule has 3 nitrogen and oxygen atoms in total. The Balaban J connectivity index is 1.84. The summed E-state index contributed by atoms with van der Waals surface area (Å²) < 4.78 is 1.94. The first-order chi connectivity index (χ1) is 7.77. The molecular formula is C11H19N3S2. The van der Waals surface area contributed by atoms with Gasteiger partial charge in [-0.25, -0.2) is 0 Å². The number of aromatic nitrogens is 2. The summed E-state index contributed by atoms with van der Waals surface area (Å²) >= 11 is 4.13. The van der Waals surface area contributed by atoms with E-state index in [-0.39, 0.29) is 0 Å². The molecule has 0 aromatic carbocycles. The minimum absolute atomic E-state index is 0.650. The van der Waals surface area contributed by atoms with Gasteiger partial charge in [0, 0.05) is 53.9 Å². The van der Waals surface area contributed by atoms with E-state index in [0.717, 1.165) is 6.54 Å². The molecule has 0 amide bonds. The van der Waals surface area contributed by atoms with Gasteiger partial charge in [-0.05, 0) is 6.92 Å². The Bertz CT molecular complexity index is 330. The van der Waals surface area contributed by atoms with Crippen LogP contribution in [-0.4, -0.2) is 38.8 Å². The van der Waals surface area contributed by atoms with Gasteiger partial charge in [-0.1, -0.05) is 0 Å². The Hall–Kier alpha value is -0.130. The van der Waals surface area contributed by atoms with Gasteiger partial charge in [-0.3, -0.25) is 4.68 Å². The van der Waals surface area contributed by atoms with Crippen LogP contribution in [0.3, 0.4) is 0 Å². The Morgan fingerprint density at radius 2 is 2.12 bits per heavy atom. The predicted octanol–water partition coefficient (Wildman–Crippen LogP) is 1.67. The highest BCUT2D eigenvalue weighted by Crippen LogP contribution is 2.17. The molecule has 0 atom stereocenters. The molecule has 0 saturated carbocycles. The fraction of sp³-hybridized carbons (Fsp3) is 0.727. The summed E-state index contributed by atoms with van der Waals surface area (Å²) in [6, 6.07) is 0.650. The van der Waals surface area contributed by atoms with Crippen LogP contribution >= 0.6 is 23.5 Å². The second-order valence-electron chi connectivity index (χ2n) is 4.11. The quantitative estimate of drug-likeness (QED) is 0.892. The van der Waals surface area contributed by atoms with E-state index in [0.29, 0.717) is 6.04 Å². The molecule has 1 N–H and O–H groups in total. The van der Waals surface area contributed by atoms with E-state index < -0.39 is 0 Å². The van der Waals surface area contributed by atoms with Crippen LogP contribution in [0.15, 0.2) is 6.20 Å². The first kappa shape index (κ1) is 12.3. The molecule has 1 aliphatic rings. The van der Waals surface area contributed by atoms with Gasteiger partial charge in [0.1, 0.15) is 0 Å². The number of rotatable bonds is 3. The number of hydrogen-bond acceptors (Lipinski definition) is 4. The van der Waals surface area contributed by atoms with Crippen molar-refractivity contribution in [3.8, 4) is 0 Å². The summed E-state index contributed by atoms with van der Waals surface area (Å²) in [5.41, 5.74) is 2.59. The van der Waals surface area contributed by atoms with E-state index in [1.54, 1.807) is 0 Å². The number of thioether (sulfide) groups is 2. The molecule has 1 aromatic rings. The van der Waals surface area contributed by atoms with Crippen molar-refractivity contribution < 1.29 is 0 Å². The second kappa shape index (κ2) is 5.98. The van der Waals surface area contributed by atoms with Crippen LogP contribution in [0.4, 0.5) is 0 Å². The van der Waals surface area contributed by atoms with Gasteiger partial charge in [-0.15, -0.1) is 0 Å². The smallest absolute Gasteiger partial charge is 0.0537 e. The van der Waals surface area contributed by atoms with Gasteiger partial charge >= 0.3 is 0 Å². The number of hydrogen-bond donors (Lipinski definition) is 1. The minimum atomic E-state index is 0.650. The normalized spacial score (nSPS) is 18.6. The zero-order chi connectivity index (χ0) is 11.4. The van der Waals surface area contributed by atoms with Gasteiger partial charge in [0.2, 0.25) is 0 Å². The topological polar surface area (TPSA) is 29.9 Å². The number of nitrogens with one attached hydrogen (secondary N) is 1. The standard InChI is InChI=1S/C11H19N3S2/c1-9-10(6-13-14(9)2)5-12-11-7-15-3-4-16-8-11/h6,11-12H,3-5,7-8H2,1-2H3. The van der Waals surface area contributed by atoms with Crippen molar-refractivity contribution in [3.63, 3.8) is 0 Å². The molecule has 0 unspecified atom stereocenters. The molecule has 2 heterocycles. The lowest BCUT2D eigenvalue weighted by atomic mass is 10.2. The monoisotopic (exact) mass is 257 g/mol. The lowest BCUT2D eigenvalue weighted by Crippen LogP contribution is -2.32. The fourth-order valence-corrected chi connectivity index (χ4v) is 4.17. The zero-order valence-corrected chi connectivity index (χ0v) is 11.5. The Morgan fingerprint density at radius 3 is 2.69 bits per heavy atom. The van der Waals surface area contributed by atoms with Crippen LogP contribution in [0.2, 0.25) is 0 Å². The van der Waals surface area contributed by atoms with E-state index in [1.165, 1.54) is 34.3 Å². The first-order valence-electron chi connectivity index (χ1n) is 5.63. The average Bonchev–Trinajstić information content (AvgIpc) is 2.53. The summed E-state index contributed by atoms with van der Waals surface area (Å²) in [4.78, 5) is 0. The Kier molecular flexibility index (Phi) is 4.61. The molecule has 1 fully saturated rings. The molecule has 5 heteroatoms. The summed E-state index contributed by atoms with van der Waals surface area (Å²) in [6.07, 6.45) is 1.97. The van der Waals surface area contributed by atoms with Crippen LogP contribution in [0, 0.1) is 6.92 Å². The maximum atomic E-state index is 4.26. The largest absolute Gasteiger partial charge is 0.308 e. The molecule has 0 bridgehead atoms. The van der Waals surface area contributed by atoms with Crippen LogP contribution in [0.5, 0.6) is 0 Å². The van der Waals surface area contributed by atoms with E-state index >= 15 is 0 Å². The molecule has 1 saturated heterocycles. The highest BCUT2D eigenvalue weighted by atomic mass is 32.2. The summed E-state index contributed by atoms with van der Waals surface area (Å²) in [7, 11) is 2.00. The van der Waals surface area contributed by atoms with Gasteiger partial charge in [0.15, 0.2) is 0 Å². The maximum absolute atomic E-state index is 4.26. The minimum Gasteiger partial charge on any atom is -0.308 e. The second-order valence-corrected chi connectivity index (χ2v) is 6.41. The summed E-state index contributed by atoms with van der Waals surface area (Å²) in [5.74, 6) is 5.09. The van der Waals surface area contributed by atoms with Crippen molar-refractivity contribution >= 4 is 23.5 Å². The van der Waals surface area contributed by atoms with Gasteiger partial charge in [-0.2, -0.15) is 28.6 Å². The molecule has 0 spiro atoms. The van der Waals surface area contributed by atoms with Crippen LogP contribution in [0.1, 0.15) is 11.3 Å². The molecule has 1 aliphatic heterocycles. The lowest BCUT2D eigenvalue weighted by Gasteiger charge is -2.14. The third-order valence-corrected chi connectivity index (χ3v) is 5.45. The summed E-state index contributed by atoms with van der Waals surface area (Å²) in [6.45, 7) is 3.08. The van der Waals surface area contributed by atoms with Crippen molar-refractivity contribution in [3.05, 3.63) is 17.5 Å². The number of nitrogens with zero attached hydrogens (tertiary/aromatic N) is 2. The molecule has 16 heavy (non-hydrogen) atoms. The fourth-order valence-electron chi connectivity index (χ4n) is 1.71. The van der Waals surface area contributed by atoms with Crippen LogP contribution < -0.4 is 5.32 Å². The van der Waals surface area contributed by atoms with Gasteiger partial charge in [0.05, 0.1) is 6.20 Å². The zero-order valence-electron chi connectivity index (χ0n) is 9.90. The van der Waals surface area contributed by atoms with Crippen molar-refractivity contribution in [2.24, 2.45) is 7.05 Å². The van der Waals surface area contributed by atoms with E-state index in [4.69, 9.17) is 0 Å². The van der Waals surface area contributed by atoms with Crippen LogP contribution in [0.25, 0.3) is 0 Å². The molecule has 2 rings (SSSR count). The van der Waals surface area contributed by atoms with Crippen molar-refractivity contribution in [1.29, 1.82) is 0 Å². The van der Waals surface area contributed by atoms with Gasteiger partial charge < -0.3 is 5.32 Å². The van der Waals surface area contributed by atoms with E-state index in [9.17, 15) is 0 Å². The molecule has 0 aliphatic carbocycles. The van der Waals surface area contributed by atoms with Crippen molar-refractivity contribution in [1.82, 2.24) is 15.1 Å².